The van der Waals surface area contributed by atoms with Gasteiger partial charge in [0.1, 0.15) is 5.76 Å². The summed E-state index contributed by atoms with van der Waals surface area (Å²) in [5, 5.41) is 9.76. The maximum absolute atomic E-state index is 9.76. The van der Waals surface area contributed by atoms with Gasteiger partial charge in [-0.3, -0.25) is 0 Å². The summed E-state index contributed by atoms with van der Waals surface area (Å²) in [6.07, 6.45) is 6.06. The van der Waals surface area contributed by atoms with Gasteiger partial charge in [0.15, 0.2) is 5.76 Å². The van der Waals surface area contributed by atoms with Gasteiger partial charge < -0.3 is 14.3 Å². The number of furan rings is 1. The average molecular weight is 248 g/mol. The molecular weight excluding hydrogens is 228 g/mol. The van der Waals surface area contributed by atoms with Gasteiger partial charge in [0, 0.05) is 5.57 Å². The van der Waals surface area contributed by atoms with Crippen LogP contribution in [0.15, 0.2) is 47.9 Å². The molecule has 1 rings (SSSR count). The van der Waals surface area contributed by atoms with Crippen molar-refractivity contribution in [2.75, 3.05) is 6.61 Å². The largest absolute Gasteiger partial charge is 0.456 e. The number of ether oxygens (including phenoxy) is 1. The van der Waals surface area contributed by atoms with E-state index in [0.717, 1.165) is 18.4 Å². The summed E-state index contributed by atoms with van der Waals surface area (Å²) in [5.74, 6) is 1.04. The third-order valence-electron chi connectivity index (χ3n) is 2.45. The van der Waals surface area contributed by atoms with Crippen molar-refractivity contribution in [3.05, 3.63) is 55.0 Å². The zero-order valence-electron chi connectivity index (χ0n) is 10.8. The van der Waals surface area contributed by atoms with Gasteiger partial charge in [-0.25, -0.2) is 0 Å². The van der Waals surface area contributed by atoms with Crippen LogP contribution in [0.5, 0.6) is 0 Å². The van der Waals surface area contributed by atoms with Gasteiger partial charge in [0.2, 0.25) is 6.29 Å². The Labute approximate surface area is 108 Å². The van der Waals surface area contributed by atoms with Crippen LogP contribution < -0.4 is 0 Å². The van der Waals surface area contributed by atoms with E-state index in [1.807, 2.05) is 0 Å². The molecule has 0 aliphatic carbocycles. The predicted molar refractivity (Wildman–Crippen MR) is 72.9 cm³/mol. The van der Waals surface area contributed by atoms with Crippen molar-refractivity contribution in [2.24, 2.45) is 0 Å². The Kier molecular flexibility index (Phi) is 6.19. The van der Waals surface area contributed by atoms with Gasteiger partial charge in [-0.1, -0.05) is 44.7 Å². The van der Waals surface area contributed by atoms with Crippen LogP contribution >= 0.6 is 0 Å². The molecule has 0 aliphatic heterocycles. The maximum Gasteiger partial charge on any atom is 0.214 e. The number of allylic oxidation sites excluding steroid dienone is 4. The first-order valence-corrected chi connectivity index (χ1v) is 6.07. The van der Waals surface area contributed by atoms with Crippen LogP contribution in [0, 0.1) is 0 Å². The lowest BCUT2D eigenvalue weighted by Crippen LogP contribution is -2.03. The smallest absolute Gasteiger partial charge is 0.214 e. The molecule has 1 unspecified atom stereocenters. The van der Waals surface area contributed by atoms with E-state index in [0.29, 0.717) is 18.1 Å². The zero-order valence-corrected chi connectivity index (χ0v) is 10.8. The Bertz CT molecular complexity index is 415. The van der Waals surface area contributed by atoms with Gasteiger partial charge in [0.05, 0.1) is 6.61 Å². The molecule has 1 heterocycles. The second-order valence-corrected chi connectivity index (χ2v) is 3.84. The summed E-state index contributed by atoms with van der Waals surface area (Å²) >= 11 is 0. The van der Waals surface area contributed by atoms with Gasteiger partial charge in [-0.05, 0) is 18.6 Å². The fourth-order valence-corrected chi connectivity index (χ4v) is 1.44. The Morgan fingerprint density at radius 1 is 1.50 bits per heavy atom. The van der Waals surface area contributed by atoms with E-state index in [1.165, 1.54) is 0 Å². The van der Waals surface area contributed by atoms with Crippen LogP contribution in [0.25, 0.3) is 5.57 Å². The average Bonchev–Trinajstić information content (AvgIpc) is 2.85. The van der Waals surface area contributed by atoms with Gasteiger partial charge in [0.25, 0.3) is 0 Å². The van der Waals surface area contributed by atoms with Crippen molar-refractivity contribution in [1.82, 2.24) is 0 Å². The van der Waals surface area contributed by atoms with E-state index in [-0.39, 0.29) is 0 Å². The second kappa shape index (κ2) is 7.69. The van der Waals surface area contributed by atoms with Crippen molar-refractivity contribution in [2.45, 2.75) is 26.1 Å². The Balaban J connectivity index is 2.70. The molecule has 0 aromatic carbocycles. The molecule has 0 saturated heterocycles. The molecular formula is C15H20O3. The number of unbranched alkanes of at least 4 members (excludes halogenated alkanes) is 1. The highest BCUT2D eigenvalue weighted by atomic mass is 16.6. The third kappa shape index (κ3) is 4.02. The van der Waals surface area contributed by atoms with E-state index >= 15 is 0 Å². The molecule has 3 nitrogen and oxygen atoms in total. The molecule has 0 aliphatic rings. The van der Waals surface area contributed by atoms with Gasteiger partial charge in [-0.15, -0.1) is 0 Å². The molecule has 0 spiro atoms. The molecule has 0 bridgehead atoms. The van der Waals surface area contributed by atoms with Gasteiger partial charge >= 0.3 is 0 Å². The van der Waals surface area contributed by atoms with Crippen LogP contribution in [-0.4, -0.2) is 11.7 Å². The van der Waals surface area contributed by atoms with Crippen LogP contribution in [0.3, 0.4) is 0 Å². The quantitative estimate of drug-likeness (QED) is 0.432. The number of hydrogen-bond acceptors (Lipinski definition) is 3. The molecule has 0 radical (unpaired) electrons. The van der Waals surface area contributed by atoms with Crippen molar-refractivity contribution in [3.8, 4) is 0 Å². The first-order chi connectivity index (χ1) is 8.72. The first-order valence-electron chi connectivity index (χ1n) is 6.07. The number of rotatable bonds is 8. The van der Waals surface area contributed by atoms with E-state index in [2.05, 4.69) is 20.1 Å². The highest BCUT2D eigenvalue weighted by Crippen LogP contribution is 2.23. The molecule has 0 fully saturated rings. The fourth-order valence-electron chi connectivity index (χ4n) is 1.44. The fraction of sp³-hybridized carbons (Fsp3) is 0.333. The summed E-state index contributed by atoms with van der Waals surface area (Å²) in [7, 11) is 0. The minimum absolute atomic E-state index is 0.401. The molecule has 3 heteroatoms. The van der Waals surface area contributed by atoms with E-state index < -0.39 is 6.29 Å². The minimum Gasteiger partial charge on any atom is -0.456 e. The van der Waals surface area contributed by atoms with Crippen molar-refractivity contribution in [1.29, 1.82) is 0 Å². The highest BCUT2D eigenvalue weighted by molar-refractivity contribution is 5.71. The van der Waals surface area contributed by atoms with Gasteiger partial charge in [-0.2, -0.15) is 0 Å². The molecule has 1 N–H and O–H groups in total. The lowest BCUT2D eigenvalue weighted by atomic mass is 10.2. The van der Waals surface area contributed by atoms with Crippen molar-refractivity contribution >= 4 is 5.57 Å². The SMILES string of the molecule is C=C/C=C(\C=C)c1ccc(C(O)OCCCC)o1. The van der Waals surface area contributed by atoms with Crippen LogP contribution in [0.4, 0.5) is 0 Å². The summed E-state index contributed by atoms with van der Waals surface area (Å²) in [6, 6.07) is 3.48. The lowest BCUT2D eigenvalue weighted by Gasteiger charge is -2.08. The van der Waals surface area contributed by atoms with Crippen molar-refractivity contribution < 1.29 is 14.3 Å². The number of hydrogen-bond donors (Lipinski definition) is 1. The Morgan fingerprint density at radius 2 is 2.28 bits per heavy atom. The molecule has 1 aromatic rings. The lowest BCUT2D eigenvalue weighted by molar-refractivity contribution is -0.115. The minimum atomic E-state index is -1.01. The highest BCUT2D eigenvalue weighted by Gasteiger charge is 2.13. The maximum atomic E-state index is 9.76. The van der Waals surface area contributed by atoms with Crippen molar-refractivity contribution in [3.63, 3.8) is 0 Å². The van der Waals surface area contributed by atoms with E-state index in [9.17, 15) is 5.11 Å². The monoisotopic (exact) mass is 248 g/mol. The van der Waals surface area contributed by atoms with Crippen LogP contribution in [0.1, 0.15) is 37.6 Å². The molecule has 0 amide bonds. The van der Waals surface area contributed by atoms with Crippen LogP contribution in [-0.2, 0) is 4.74 Å². The predicted octanol–water partition coefficient (Wildman–Crippen LogP) is 3.84. The molecule has 1 aromatic heterocycles. The summed E-state index contributed by atoms with van der Waals surface area (Å²) in [6.45, 7) is 9.91. The standard InChI is InChI=1S/C15H20O3/c1-4-7-11-17-15(16)14-10-9-13(18-14)12(6-3)8-5-2/h5-6,8-10,15-16H,2-4,7,11H2,1H3/b12-8+. The number of aliphatic hydroxyl groups is 1. The molecule has 18 heavy (non-hydrogen) atoms. The molecule has 1 atom stereocenters. The Hall–Kier alpha value is -1.58. The number of aliphatic hydroxyl groups excluding tert-OH is 1. The van der Waals surface area contributed by atoms with Crippen LogP contribution in [0.2, 0.25) is 0 Å². The second-order valence-electron chi connectivity index (χ2n) is 3.84. The summed E-state index contributed by atoms with van der Waals surface area (Å²) < 4.78 is 10.8. The third-order valence-corrected chi connectivity index (χ3v) is 2.45. The van der Waals surface area contributed by atoms with E-state index in [1.54, 1.807) is 30.4 Å². The summed E-state index contributed by atoms with van der Waals surface area (Å²) in [5.41, 5.74) is 0.817. The first kappa shape index (κ1) is 14.5. The Morgan fingerprint density at radius 3 is 2.89 bits per heavy atom. The van der Waals surface area contributed by atoms with E-state index in [4.69, 9.17) is 9.15 Å². The topological polar surface area (TPSA) is 42.6 Å². The summed E-state index contributed by atoms with van der Waals surface area (Å²) in [4.78, 5) is 0. The molecule has 98 valence electrons. The normalized spacial score (nSPS) is 13.3. The molecule has 0 saturated carbocycles. The zero-order chi connectivity index (χ0) is 13.4.